The smallest absolute Gasteiger partial charge is 0.417 e. The molecule has 2 rings (SSSR count). The van der Waals surface area contributed by atoms with Crippen molar-refractivity contribution in [3.63, 3.8) is 0 Å². The third kappa shape index (κ3) is 5.07. The molecule has 19 heavy (non-hydrogen) atoms. The lowest BCUT2D eigenvalue weighted by atomic mass is 10.3. The average molecular weight is 302 g/mol. The summed E-state index contributed by atoms with van der Waals surface area (Å²) in [6.07, 6.45) is 0. The molecule has 7 heteroatoms. The van der Waals surface area contributed by atoms with Crippen molar-refractivity contribution in [2.24, 2.45) is 0 Å². The summed E-state index contributed by atoms with van der Waals surface area (Å²) in [5.41, 5.74) is 0. The molecule has 0 aliphatic heterocycles. The SMILES string of the molecule is FP(F)OP(Oc1ccccc1)Oc1ccccc1. The number of para-hydroxylation sites is 2. The summed E-state index contributed by atoms with van der Waals surface area (Å²) in [6.45, 7) is 0. The molecule has 0 fully saturated rings. The lowest BCUT2D eigenvalue weighted by Crippen LogP contribution is -1.96. The fraction of sp³-hybridized carbons (Fsp3) is 0. The second-order valence-electron chi connectivity index (χ2n) is 3.32. The van der Waals surface area contributed by atoms with Gasteiger partial charge < -0.3 is 9.05 Å². The predicted octanol–water partition coefficient (Wildman–Crippen LogP) is 5.55. The highest BCUT2D eigenvalue weighted by Gasteiger charge is 2.23. The van der Waals surface area contributed by atoms with Crippen LogP contribution >= 0.6 is 17.4 Å². The third-order valence-electron chi connectivity index (χ3n) is 1.97. The summed E-state index contributed by atoms with van der Waals surface area (Å²) in [5, 5.41) is 0. The number of hydrogen-bond acceptors (Lipinski definition) is 3. The van der Waals surface area contributed by atoms with Crippen LogP contribution in [-0.2, 0) is 4.31 Å². The Bertz CT molecular complexity index is 443. The van der Waals surface area contributed by atoms with E-state index in [4.69, 9.17) is 9.05 Å². The molecule has 0 saturated heterocycles. The highest BCUT2D eigenvalue weighted by Crippen LogP contribution is 2.55. The van der Waals surface area contributed by atoms with Gasteiger partial charge in [0.2, 0.25) is 0 Å². The first-order chi connectivity index (χ1) is 9.24. The molecule has 0 radical (unpaired) electrons. The molecule has 0 atom stereocenters. The van der Waals surface area contributed by atoms with Gasteiger partial charge in [-0.15, -0.1) is 0 Å². The molecule has 100 valence electrons. The van der Waals surface area contributed by atoms with E-state index in [2.05, 4.69) is 4.31 Å². The summed E-state index contributed by atoms with van der Waals surface area (Å²) in [7, 11) is -5.73. The molecular weight excluding hydrogens is 292 g/mol. The zero-order valence-corrected chi connectivity index (χ0v) is 11.4. The Hall–Kier alpha value is -1.28. The maximum atomic E-state index is 12.4. The van der Waals surface area contributed by atoms with Crippen molar-refractivity contribution < 1.29 is 21.8 Å². The molecule has 3 nitrogen and oxygen atoms in total. The van der Waals surface area contributed by atoms with Gasteiger partial charge in [0, 0.05) is 0 Å². The maximum absolute atomic E-state index is 12.4. The van der Waals surface area contributed by atoms with Gasteiger partial charge in [0.1, 0.15) is 11.5 Å². The van der Waals surface area contributed by atoms with E-state index in [9.17, 15) is 8.39 Å². The maximum Gasteiger partial charge on any atom is 0.470 e. The predicted molar refractivity (Wildman–Crippen MR) is 71.3 cm³/mol. The monoisotopic (exact) mass is 302 g/mol. The van der Waals surface area contributed by atoms with Gasteiger partial charge >= 0.3 is 17.4 Å². The highest BCUT2D eigenvalue weighted by molar-refractivity contribution is 7.55. The Morgan fingerprint density at radius 1 is 0.684 bits per heavy atom. The standard InChI is InChI=1S/C12H10F2O3P2/c13-18(14)17-19(15-11-7-3-1-4-8-11)16-12-9-5-2-6-10-12/h1-10H. The summed E-state index contributed by atoms with van der Waals surface area (Å²) < 4.78 is 39.8. The van der Waals surface area contributed by atoms with Crippen LogP contribution in [0.25, 0.3) is 0 Å². The Kier molecular flexibility index (Phi) is 5.46. The van der Waals surface area contributed by atoms with E-state index in [-0.39, 0.29) is 0 Å². The molecule has 0 unspecified atom stereocenters. The normalized spacial score (nSPS) is 10.7. The van der Waals surface area contributed by atoms with Crippen LogP contribution in [-0.4, -0.2) is 0 Å². The van der Waals surface area contributed by atoms with Gasteiger partial charge in [0.05, 0.1) is 0 Å². The van der Waals surface area contributed by atoms with Gasteiger partial charge in [-0.25, -0.2) is 4.31 Å². The molecule has 0 aromatic heterocycles. The minimum atomic E-state index is -3.55. The van der Waals surface area contributed by atoms with Crippen molar-refractivity contribution in [1.82, 2.24) is 0 Å². The highest BCUT2D eigenvalue weighted by atomic mass is 31.3. The van der Waals surface area contributed by atoms with Gasteiger partial charge in [-0.2, -0.15) is 8.39 Å². The van der Waals surface area contributed by atoms with Crippen molar-refractivity contribution >= 4 is 17.4 Å². The quantitative estimate of drug-likeness (QED) is 0.654. The number of rotatable bonds is 6. The zero-order valence-electron chi connectivity index (χ0n) is 9.65. The second kappa shape index (κ2) is 7.34. The van der Waals surface area contributed by atoms with Crippen LogP contribution in [0.15, 0.2) is 60.7 Å². The van der Waals surface area contributed by atoms with Crippen molar-refractivity contribution in [2.75, 3.05) is 0 Å². The summed E-state index contributed by atoms with van der Waals surface area (Å²) in [6, 6.07) is 17.1. The van der Waals surface area contributed by atoms with E-state index in [0.717, 1.165) is 0 Å². The van der Waals surface area contributed by atoms with Crippen molar-refractivity contribution in [3.8, 4) is 11.5 Å². The Morgan fingerprint density at radius 2 is 1.11 bits per heavy atom. The number of hydrogen-bond donors (Lipinski definition) is 0. The minimum Gasteiger partial charge on any atom is -0.417 e. The lowest BCUT2D eigenvalue weighted by Gasteiger charge is -2.16. The van der Waals surface area contributed by atoms with Gasteiger partial charge in [0.25, 0.3) is 0 Å². The van der Waals surface area contributed by atoms with Crippen LogP contribution in [0, 0.1) is 0 Å². The molecule has 0 aliphatic carbocycles. The van der Waals surface area contributed by atoms with E-state index in [1.54, 1.807) is 60.7 Å². The number of halogens is 2. The van der Waals surface area contributed by atoms with Gasteiger partial charge in [0.15, 0.2) is 0 Å². The molecule has 0 heterocycles. The van der Waals surface area contributed by atoms with Crippen LogP contribution in [0.4, 0.5) is 8.39 Å². The second-order valence-corrected chi connectivity index (χ2v) is 5.19. The third-order valence-corrected chi connectivity index (χ3v) is 3.72. The van der Waals surface area contributed by atoms with Crippen LogP contribution in [0.5, 0.6) is 11.5 Å². The largest absolute Gasteiger partial charge is 0.470 e. The Labute approximate surface area is 112 Å². The minimum absolute atomic E-state index is 0.418. The summed E-state index contributed by atoms with van der Waals surface area (Å²) in [4.78, 5) is 0. The molecule has 0 aliphatic rings. The fourth-order valence-electron chi connectivity index (χ4n) is 1.24. The first kappa shape index (κ1) is 14.1. The molecule has 2 aromatic rings. The van der Waals surface area contributed by atoms with Crippen molar-refractivity contribution in [3.05, 3.63) is 60.7 Å². The molecule has 2 aromatic carbocycles. The van der Waals surface area contributed by atoms with E-state index in [1.807, 2.05) is 0 Å². The van der Waals surface area contributed by atoms with Gasteiger partial charge in [-0.1, -0.05) is 36.4 Å². The number of benzene rings is 2. The average Bonchev–Trinajstić information content (AvgIpc) is 2.40. The Morgan fingerprint density at radius 3 is 1.47 bits per heavy atom. The van der Waals surface area contributed by atoms with Crippen LogP contribution < -0.4 is 9.05 Å². The van der Waals surface area contributed by atoms with Crippen molar-refractivity contribution in [1.29, 1.82) is 0 Å². The lowest BCUT2D eigenvalue weighted by molar-refractivity contribution is 0.381. The molecule has 0 bridgehead atoms. The molecule has 0 spiro atoms. The molecule has 0 N–H and O–H groups in total. The van der Waals surface area contributed by atoms with Crippen LogP contribution in [0.3, 0.4) is 0 Å². The topological polar surface area (TPSA) is 27.7 Å². The first-order valence-corrected chi connectivity index (χ1v) is 7.43. The Balaban J connectivity index is 2.03. The van der Waals surface area contributed by atoms with E-state index >= 15 is 0 Å². The van der Waals surface area contributed by atoms with Crippen LogP contribution in [0.2, 0.25) is 0 Å². The fourth-order valence-corrected chi connectivity index (χ4v) is 2.53. The molecule has 0 amide bonds. The molecular formula is C12H10F2O3P2. The van der Waals surface area contributed by atoms with E-state index < -0.39 is 17.4 Å². The van der Waals surface area contributed by atoms with Gasteiger partial charge in [-0.3, -0.25) is 0 Å². The summed E-state index contributed by atoms with van der Waals surface area (Å²) >= 11 is 0. The first-order valence-electron chi connectivity index (χ1n) is 5.30. The van der Waals surface area contributed by atoms with Gasteiger partial charge in [-0.05, 0) is 24.3 Å². The van der Waals surface area contributed by atoms with Crippen molar-refractivity contribution in [2.45, 2.75) is 0 Å². The van der Waals surface area contributed by atoms with E-state index in [0.29, 0.717) is 11.5 Å². The van der Waals surface area contributed by atoms with Crippen LogP contribution in [0.1, 0.15) is 0 Å². The van der Waals surface area contributed by atoms with E-state index in [1.165, 1.54) is 0 Å². The molecule has 0 saturated carbocycles. The summed E-state index contributed by atoms with van der Waals surface area (Å²) in [5.74, 6) is 0.836. The zero-order chi connectivity index (χ0) is 13.5.